The van der Waals surface area contributed by atoms with E-state index in [0.717, 1.165) is 11.1 Å². The molecule has 0 unspecified atom stereocenters. The zero-order valence-corrected chi connectivity index (χ0v) is 13.0. The van der Waals surface area contributed by atoms with Gasteiger partial charge in [0.1, 0.15) is 0 Å². The highest BCUT2D eigenvalue weighted by molar-refractivity contribution is 6.31. The van der Waals surface area contributed by atoms with Crippen LogP contribution in [0.2, 0.25) is 5.02 Å². The third kappa shape index (κ3) is 3.81. The molecular formula is C17H15ClN2O3. The van der Waals surface area contributed by atoms with Gasteiger partial charge in [0, 0.05) is 18.0 Å². The van der Waals surface area contributed by atoms with Crippen molar-refractivity contribution in [2.45, 2.75) is 19.4 Å². The Morgan fingerprint density at radius 2 is 2.04 bits per heavy atom. The lowest BCUT2D eigenvalue weighted by atomic mass is 10.1. The van der Waals surface area contributed by atoms with Crippen molar-refractivity contribution >= 4 is 28.6 Å². The van der Waals surface area contributed by atoms with E-state index in [1.165, 1.54) is 0 Å². The average molecular weight is 331 g/mol. The molecule has 1 heterocycles. The predicted octanol–water partition coefficient (Wildman–Crippen LogP) is 3.02. The molecule has 1 aromatic heterocycles. The van der Waals surface area contributed by atoms with Crippen molar-refractivity contribution < 1.29 is 9.21 Å². The van der Waals surface area contributed by atoms with Gasteiger partial charge in [0.15, 0.2) is 5.58 Å². The molecule has 0 radical (unpaired) electrons. The third-order valence-corrected chi connectivity index (χ3v) is 3.93. The molecule has 5 nitrogen and oxygen atoms in total. The van der Waals surface area contributed by atoms with Crippen LogP contribution in [-0.4, -0.2) is 10.9 Å². The van der Waals surface area contributed by atoms with Crippen molar-refractivity contribution in [3.05, 3.63) is 69.2 Å². The Morgan fingerprint density at radius 3 is 2.87 bits per heavy atom. The number of carbonyl (C=O) groups is 1. The van der Waals surface area contributed by atoms with Crippen LogP contribution in [0.4, 0.5) is 0 Å². The quantitative estimate of drug-likeness (QED) is 0.755. The van der Waals surface area contributed by atoms with Crippen molar-refractivity contribution in [2.75, 3.05) is 0 Å². The summed E-state index contributed by atoms with van der Waals surface area (Å²) in [7, 11) is 0. The predicted molar refractivity (Wildman–Crippen MR) is 88.5 cm³/mol. The van der Waals surface area contributed by atoms with Crippen LogP contribution in [0.3, 0.4) is 0 Å². The number of H-pyrrole nitrogens is 1. The number of amides is 1. The van der Waals surface area contributed by atoms with Gasteiger partial charge in [-0.15, -0.1) is 0 Å². The summed E-state index contributed by atoms with van der Waals surface area (Å²) in [5, 5.41) is 3.49. The van der Waals surface area contributed by atoms with E-state index in [0.29, 0.717) is 35.5 Å². The Labute approximate surface area is 137 Å². The van der Waals surface area contributed by atoms with Crippen LogP contribution in [0.15, 0.2) is 51.7 Å². The molecule has 118 valence electrons. The molecule has 0 aliphatic carbocycles. The van der Waals surface area contributed by atoms with E-state index in [9.17, 15) is 9.59 Å². The minimum Gasteiger partial charge on any atom is -0.408 e. The lowest BCUT2D eigenvalue weighted by Gasteiger charge is -2.07. The highest BCUT2D eigenvalue weighted by Gasteiger charge is 2.06. The molecule has 0 aliphatic heterocycles. The van der Waals surface area contributed by atoms with E-state index in [4.69, 9.17) is 16.0 Å². The second-order valence-corrected chi connectivity index (χ2v) is 5.62. The van der Waals surface area contributed by atoms with Crippen LogP contribution in [0.25, 0.3) is 11.1 Å². The van der Waals surface area contributed by atoms with E-state index in [-0.39, 0.29) is 5.91 Å². The number of carbonyl (C=O) groups excluding carboxylic acids is 1. The van der Waals surface area contributed by atoms with Gasteiger partial charge in [-0.2, -0.15) is 0 Å². The molecule has 6 heteroatoms. The summed E-state index contributed by atoms with van der Waals surface area (Å²) in [6.45, 7) is 0.409. The molecule has 0 bridgehead atoms. The summed E-state index contributed by atoms with van der Waals surface area (Å²) >= 11 is 6.05. The average Bonchev–Trinajstić information content (AvgIpc) is 2.91. The lowest BCUT2D eigenvalue weighted by Crippen LogP contribution is -2.23. The van der Waals surface area contributed by atoms with Crippen LogP contribution in [0.1, 0.15) is 17.5 Å². The monoisotopic (exact) mass is 330 g/mol. The summed E-state index contributed by atoms with van der Waals surface area (Å²) in [6.07, 6.45) is 0.940. The first-order valence-corrected chi connectivity index (χ1v) is 7.61. The summed E-state index contributed by atoms with van der Waals surface area (Å²) < 4.78 is 4.94. The van der Waals surface area contributed by atoms with Gasteiger partial charge in [0.25, 0.3) is 0 Å². The molecule has 2 aromatic carbocycles. The van der Waals surface area contributed by atoms with Gasteiger partial charge >= 0.3 is 5.76 Å². The fourth-order valence-electron chi connectivity index (χ4n) is 2.34. The van der Waals surface area contributed by atoms with E-state index in [1.807, 2.05) is 30.3 Å². The number of halogens is 1. The minimum absolute atomic E-state index is 0.0503. The molecule has 0 saturated heterocycles. The Kier molecular flexibility index (Phi) is 4.48. The lowest BCUT2D eigenvalue weighted by molar-refractivity contribution is -0.121. The number of benzene rings is 2. The Morgan fingerprint density at radius 1 is 1.22 bits per heavy atom. The molecule has 23 heavy (non-hydrogen) atoms. The number of nitrogens with one attached hydrogen (secondary N) is 2. The Bertz CT molecular complexity index is 898. The summed E-state index contributed by atoms with van der Waals surface area (Å²) in [5.74, 6) is -0.527. The summed E-state index contributed by atoms with van der Waals surface area (Å²) in [4.78, 5) is 25.7. The standard InChI is InChI=1S/C17H15ClN2O3/c18-13-4-2-1-3-12(13)10-19-16(21)8-6-11-5-7-15-14(9-11)20-17(22)23-15/h1-5,7,9H,6,8,10H2,(H,19,21)(H,20,22). The SMILES string of the molecule is O=C(CCc1ccc2oc(=O)[nH]c2c1)NCc1ccccc1Cl. The number of hydrogen-bond acceptors (Lipinski definition) is 3. The van der Waals surface area contributed by atoms with Gasteiger partial charge in [-0.05, 0) is 35.7 Å². The molecule has 3 rings (SSSR count). The fourth-order valence-corrected chi connectivity index (χ4v) is 2.54. The molecule has 0 saturated carbocycles. The number of aryl methyl sites for hydroxylation is 1. The first-order valence-electron chi connectivity index (χ1n) is 7.24. The molecule has 0 spiro atoms. The highest BCUT2D eigenvalue weighted by atomic mass is 35.5. The fraction of sp³-hybridized carbons (Fsp3) is 0.176. The Hall–Kier alpha value is -2.53. The normalized spacial score (nSPS) is 10.8. The van der Waals surface area contributed by atoms with Crippen molar-refractivity contribution in [3.8, 4) is 0 Å². The van der Waals surface area contributed by atoms with Gasteiger partial charge in [0.2, 0.25) is 5.91 Å². The molecule has 0 atom stereocenters. The molecule has 0 aliphatic rings. The first kappa shape index (κ1) is 15.4. The molecule has 0 fully saturated rings. The van der Waals surface area contributed by atoms with Gasteiger partial charge in [-0.3, -0.25) is 9.78 Å². The molecule has 1 amide bonds. The number of hydrogen-bond donors (Lipinski definition) is 2. The maximum Gasteiger partial charge on any atom is 0.417 e. The van der Waals surface area contributed by atoms with Crippen LogP contribution in [0.5, 0.6) is 0 Å². The van der Waals surface area contributed by atoms with Gasteiger partial charge in [0.05, 0.1) is 5.52 Å². The van der Waals surface area contributed by atoms with E-state index in [2.05, 4.69) is 10.3 Å². The summed E-state index contributed by atoms with van der Waals surface area (Å²) in [6, 6.07) is 12.8. The highest BCUT2D eigenvalue weighted by Crippen LogP contribution is 2.15. The van der Waals surface area contributed by atoms with Crippen LogP contribution < -0.4 is 11.1 Å². The number of fused-ring (bicyclic) bond motifs is 1. The van der Waals surface area contributed by atoms with Gasteiger partial charge in [-0.1, -0.05) is 35.9 Å². The van der Waals surface area contributed by atoms with Gasteiger partial charge in [-0.25, -0.2) is 4.79 Å². The second-order valence-electron chi connectivity index (χ2n) is 5.21. The van der Waals surface area contributed by atoms with E-state index < -0.39 is 5.76 Å². The van der Waals surface area contributed by atoms with Crippen molar-refractivity contribution in [2.24, 2.45) is 0 Å². The zero-order valence-electron chi connectivity index (χ0n) is 12.3. The largest absolute Gasteiger partial charge is 0.417 e. The molecular weight excluding hydrogens is 316 g/mol. The number of aromatic nitrogens is 1. The summed E-state index contributed by atoms with van der Waals surface area (Å²) in [5.41, 5.74) is 3.01. The molecule has 2 N–H and O–H groups in total. The maximum atomic E-state index is 11.9. The van der Waals surface area contributed by atoms with E-state index in [1.54, 1.807) is 12.1 Å². The van der Waals surface area contributed by atoms with Crippen LogP contribution in [0, 0.1) is 0 Å². The zero-order chi connectivity index (χ0) is 16.2. The number of oxazole rings is 1. The smallest absolute Gasteiger partial charge is 0.408 e. The Balaban J connectivity index is 1.55. The van der Waals surface area contributed by atoms with E-state index >= 15 is 0 Å². The van der Waals surface area contributed by atoms with Crippen LogP contribution >= 0.6 is 11.6 Å². The van der Waals surface area contributed by atoms with Gasteiger partial charge < -0.3 is 9.73 Å². The minimum atomic E-state index is -0.477. The maximum absolute atomic E-state index is 11.9. The van der Waals surface area contributed by atoms with Crippen LogP contribution in [-0.2, 0) is 17.8 Å². The van der Waals surface area contributed by atoms with Crippen molar-refractivity contribution in [3.63, 3.8) is 0 Å². The second kappa shape index (κ2) is 6.71. The number of aromatic amines is 1. The molecule has 3 aromatic rings. The van der Waals surface area contributed by atoms with Crippen molar-refractivity contribution in [1.29, 1.82) is 0 Å². The topological polar surface area (TPSA) is 75.1 Å². The first-order chi connectivity index (χ1) is 11.1. The third-order valence-electron chi connectivity index (χ3n) is 3.56. The van der Waals surface area contributed by atoms with Crippen molar-refractivity contribution in [1.82, 2.24) is 10.3 Å². The number of rotatable bonds is 5.